The van der Waals surface area contributed by atoms with Crippen LogP contribution in [0.1, 0.15) is 24.4 Å². The number of rotatable bonds is 4. The van der Waals surface area contributed by atoms with E-state index in [2.05, 4.69) is 0 Å². The first-order chi connectivity index (χ1) is 7.63. The number of nitrogens with two attached hydrogens (primary N) is 1. The lowest BCUT2D eigenvalue weighted by Crippen LogP contribution is -2.28. The summed E-state index contributed by atoms with van der Waals surface area (Å²) in [4.78, 5) is 0. The molecule has 2 rings (SSSR count). The van der Waals surface area contributed by atoms with Gasteiger partial charge >= 0.3 is 0 Å². The molecule has 96 valence electrons. The topological polar surface area (TPSA) is 55.5 Å². The summed E-state index contributed by atoms with van der Waals surface area (Å²) in [6, 6.07) is 3.68. The number of aliphatic hydroxyl groups excluding tert-OH is 1. The number of hydrogen-bond acceptors (Lipinski definition) is 3. The Balaban J connectivity index is 0.00000144. The van der Waals surface area contributed by atoms with Crippen molar-refractivity contribution in [2.24, 2.45) is 11.7 Å². The van der Waals surface area contributed by atoms with E-state index >= 15 is 0 Å². The Morgan fingerprint density at radius 1 is 1.47 bits per heavy atom. The molecule has 3 nitrogen and oxygen atoms in total. The Hall–Kier alpha value is -0.840. The van der Waals surface area contributed by atoms with Crippen LogP contribution in [-0.4, -0.2) is 18.3 Å². The summed E-state index contributed by atoms with van der Waals surface area (Å²) < 4.78 is 18.1. The Kier molecular flexibility index (Phi) is 4.74. The number of aliphatic hydroxyl groups is 1. The highest BCUT2D eigenvalue weighted by molar-refractivity contribution is 5.85. The van der Waals surface area contributed by atoms with E-state index in [-0.39, 0.29) is 24.1 Å². The number of hydrogen-bond donors (Lipinski definition) is 2. The van der Waals surface area contributed by atoms with Crippen LogP contribution in [0.4, 0.5) is 4.39 Å². The highest BCUT2D eigenvalue weighted by Gasteiger charge is 2.35. The number of benzene rings is 1. The Bertz CT molecular complexity index is 385. The van der Waals surface area contributed by atoms with Gasteiger partial charge in [0.05, 0.1) is 19.3 Å². The lowest BCUT2D eigenvalue weighted by molar-refractivity contribution is 0.121. The molecule has 2 atom stereocenters. The first-order valence-electron chi connectivity index (χ1n) is 5.40. The zero-order valence-electron chi connectivity index (χ0n) is 9.60. The smallest absolute Gasteiger partial charge is 0.126 e. The Labute approximate surface area is 106 Å². The van der Waals surface area contributed by atoms with Gasteiger partial charge < -0.3 is 15.6 Å². The summed E-state index contributed by atoms with van der Waals surface area (Å²) in [6.45, 7) is 0. The Morgan fingerprint density at radius 2 is 2.12 bits per heavy atom. The van der Waals surface area contributed by atoms with Gasteiger partial charge in [0.2, 0.25) is 0 Å². The molecule has 1 aliphatic carbocycles. The molecule has 0 spiro atoms. The molecule has 1 fully saturated rings. The molecular weight excluding hydrogens is 245 g/mol. The van der Waals surface area contributed by atoms with Gasteiger partial charge in [0, 0.05) is 11.6 Å². The molecular formula is C12H17ClFNO2. The van der Waals surface area contributed by atoms with E-state index in [1.807, 2.05) is 0 Å². The van der Waals surface area contributed by atoms with Crippen LogP contribution in [0.3, 0.4) is 0 Å². The second-order valence-corrected chi connectivity index (χ2v) is 4.24. The SMILES string of the molecule is COc1cc(F)ccc1[C@@H](N)[C@@H](O)C1CC1.Cl. The summed E-state index contributed by atoms with van der Waals surface area (Å²) in [7, 11) is 1.47. The minimum absolute atomic E-state index is 0. The zero-order valence-corrected chi connectivity index (χ0v) is 10.4. The molecule has 0 radical (unpaired) electrons. The van der Waals surface area contributed by atoms with Gasteiger partial charge in [-0.25, -0.2) is 4.39 Å². The quantitative estimate of drug-likeness (QED) is 0.872. The molecule has 3 N–H and O–H groups in total. The molecule has 0 amide bonds. The van der Waals surface area contributed by atoms with Crippen molar-refractivity contribution in [2.75, 3.05) is 7.11 Å². The summed E-state index contributed by atoms with van der Waals surface area (Å²) in [5.74, 6) is 0.311. The molecule has 0 saturated heterocycles. The first kappa shape index (κ1) is 14.2. The molecule has 0 bridgehead atoms. The standard InChI is InChI=1S/C12H16FNO2.ClH/c1-16-10-6-8(13)4-5-9(10)11(14)12(15)7-2-3-7;/h4-7,11-12,15H,2-3,14H2,1H3;1H/t11-,12+;/m1./s1. The van der Waals surface area contributed by atoms with Crippen molar-refractivity contribution in [3.63, 3.8) is 0 Å². The van der Waals surface area contributed by atoms with Crippen molar-refractivity contribution < 1.29 is 14.2 Å². The van der Waals surface area contributed by atoms with Crippen LogP contribution in [0.25, 0.3) is 0 Å². The third-order valence-electron chi connectivity index (χ3n) is 3.03. The second kappa shape index (κ2) is 5.67. The first-order valence-corrected chi connectivity index (χ1v) is 5.40. The molecule has 1 aromatic carbocycles. The number of ether oxygens (including phenoxy) is 1. The fraction of sp³-hybridized carbons (Fsp3) is 0.500. The normalized spacial score (nSPS) is 18.1. The minimum atomic E-state index is -0.570. The average molecular weight is 262 g/mol. The highest BCUT2D eigenvalue weighted by atomic mass is 35.5. The second-order valence-electron chi connectivity index (χ2n) is 4.24. The van der Waals surface area contributed by atoms with Gasteiger partial charge in [-0.15, -0.1) is 12.4 Å². The summed E-state index contributed by atoms with van der Waals surface area (Å²) >= 11 is 0. The zero-order chi connectivity index (χ0) is 11.7. The van der Waals surface area contributed by atoms with E-state index < -0.39 is 12.1 Å². The molecule has 0 heterocycles. The molecule has 1 aliphatic rings. The third-order valence-corrected chi connectivity index (χ3v) is 3.03. The van der Waals surface area contributed by atoms with E-state index in [0.29, 0.717) is 11.3 Å². The number of halogens is 2. The lowest BCUT2D eigenvalue weighted by Gasteiger charge is -2.20. The maximum atomic E-state index is 13.0. The van der Waals surface area contributed by atoms with Gasteiger partial charge in [0.25, 0.3) is 0 Å². The van der Waals surface area contributed by atoms with Crippen LogP contribution >= 0.6 is 12.4 Å². The average Bonchev–Trinajstić information content (AvgIpc) is 3.10. The number of methoxy groups -OCH3 is 1. The van der Waals surface area contributed by atoms with E-state index in [4.69, 9.17) is 10.5 Å². The van der Waals surface area contributed by atoms with Crippen molar-refractivity contribution in [1.29, 1.82) is 0 Å². The largest absolute Gasteiger partial charge is 0.496 e. The van der Waals surface area contributed by atoms with Crippen molar-refractivity contribution in [2.45, 2.75) is 25.0 Å². The van der Waals surface area contributed by atoms with Gasteiger partial charge in [-0.1, -0.05) is 6.07 Å². The third kappa shape index (κ3) is 3.09. The molecule has 1 aromatic rings. The van der Waals surface area contributed by atoms with Crippen LogP contribution < -0.4 is 10.5 Å². The van der Waals surface area contributed by atoms with Crippen LogP contribution in [0.15, 0.2) is 18.2 Å². The minimum Gasteiger partial charge on any atom is -0.496 e. The van der Waals surface area contributed by atoms with Crippen LogP contribution in [0, 0.1) is 11.7 Å². The van der Waals surface area contributed by atoms with Gasteiger partial charge in [-0.05, 0) is 24.8 Å². The van der Waals surface area contributed by atoms with Crippen LogP contribution in [-0.2, 0) is 0 Å². The fourth-order valence-corrected chi connectivity index (χ4v) is 1.88. The molecule has 5 heteroatoms. The fourth-order valence-electron chi connectivity index (χ4n) is 1.88. The maximum Gasteiger partial charge on any atom is 0.126 e. The Morgan fingerprint density at radius 3 is 2.65 bits per heavy atom. The molecule has 1 saturated carbocycles. The van der Waals surface area contributed by atoms with Gasteiger partial charge in [-0.3, -0.25) is 0 Å². The van der Waals surface area contributed by atoms with E-state index in [1.54, 1.807) is 6.07 Å². The summed E-state index contributed by atoms with van der Waals surface area (Å²) in [5, 5.41) is 9.93. The predicted molar refractivity (Wildman–Crippen MR) is 65.9 cm³/mol. The van der Waals surface area contributed by atoms with E-state index in [9.17, 15) is 9.50 Å². The molecule has 0 aromatic heterocycles. The van der Waals surface area contributed by atoms with Gasteiger partial charge in [-0.2, -0.15) is 0 Å². The van der Waals surface area contributed by atoms with E-state index in [1.165, 1.54) is 19.2 Å². The van der Waals surface area contributed by atoms with E-state index in [0.717, 1.165) is 12.8 Å². The molecule has 0 unspecified atom stereocenters. The van der Waals surface area contributed by atoms with Crippen molar-refractivity contribution in [3.8, 4) is 5.75 Å². The predicted octanol–water partition coefficient (Wildman–Crippen LogP) is 2.03. The van der Waals surface area contributed by atoms with Crippen molar-refractivity contribution in [1.82, 2.24) is 0 Å². The van der Waals surface area contributed by atoms with Crippen molar-refractivity contribution in [3.05, 3.63) is 29.6 Å². The summed E-state index contributed by atoms with van der Waals surface area (Å²) in [6.07, 6.45) is 1.45. The van der Waals surface area contributed by atoms with Crippen LogP contribution in [0.5, 0.6) is 5.75 Å². The molecule has 0 aliphatic heterocycles. The monoisotopic (exact) mass is 261 g/mol. The lowest BCUT2D eigenvalue weighted by atomic mass is 9.98. The van der Waals surface area contributed by atoms with Crippen molar-refractivity contribution >= 4 is 12.4 Å². The highest BCUT2D eigenvalue weighted by Crippen LogP contribution is 2.39. The van der Waals surface area contributed by atoms with Crippen LogP contribution in [0.2, 0.25) is 0 Å². The maximum absolute atomic E-state index is 13.0. The van der Waals surface area contributed by atoms with Gasteiger partial charge in [0.1, 0.15) is 11.6 Å². The summed E-state index contributed by atoms with van der Waals surface area (Å²) in [5.41, 5.74) is 6.61. The molecule has 17 heavy (non-hydrogen) atoms. The van der Waals surface area contributed by atoms with Gasteiger partial charge in [0.15, 0.2) is 0 Å².